The van der Waals surface area contributed by atoms with Crippen LogP contribution in [0.3, 0.4) is 0 Å². The van der Waals surface area contributed by atoms with E-state index in [9.17, 15) is 8.42 Å². The van der Waals surface area contributed by atoms with Gasteiger partial charge in [-0.2, -0.15) is 0 Å². The van der Waals surface area contributed by atoms with Crippen LogP contribution in [0.1, 0.15) is 45.4 Å². The zero-order chi connectivity index (χ0) is 15.1. The number of aromatic nitrogens is 1. The van der Waals surface area contributed by atoms with E-state index in [2.05, 4.69) is 15.0 Å². The molecule has 1 aromatic heterocycles. The van der Waals surface area contributed by atoms with Crippen LogP contribution < -0.4 is 10.0 Å². The Hall–Kier alpha value is -1.14. The van der Waals surface area contributed by atoms with E-state index >= 15 is 0 Å². The molecule has 0 amide bonds. The molecule has 2 N–H and O–H groups in total. The van der Waals surface area contributed by atoms with Gasteiger partial charge in [-0.25, -0.2) is 18.1 Å². The summed E-state index contributed by atoms with van der Waals surface area (Å²) >= 11 is 0. The maximum atomic E-state index is 12.4. The molecule has 0 aliphatic heterocycles. The number of nitrogens with zero attached hydrogens (tertiary/aromatic N) is 1. The van der Waals surface area contributed by atoms with Gasteiger partial charge >= 0.3 is 0 Å². The monoisotopic (exact) mass is 311 g/mol. The van der Waals surface area contributed by atoms with E-state index in [1.807, 2.05) is 6.92 Å². The highest BCUT2D eigenvalue weighted by Crippen LogP contribution is 2.24. The van der Waals surface area contributed by atoms with Crippen molar-refractivity contribution in [3.05, 3.63) is 18.3 Å². The van der Waals surface area contributed by atoms with Gasteiger partial charge in [0, 0.05) is 19.3 Å². The van der Waals surface area contributed by atoms with Gasteiger partial charge in [0.05, 0.1) is 5.69 Å². The summed E-state index contributed by atoms with van der Waals surface area (Å²) in [6.07, 6.45) is 8.38. The van der Waals surface area contributed by atoms with Crippen LogP contribution in [0.4, 0.5) is 5.69 Å². The minimum Gasteiger partial charge on any atom is -0.383 e. The molecule has 0 saturated heterocycles. The predicted octanol–water partition coefficient (Wildman–Crippen LogP) is 2.76. The van der Waals surface area contributed by atoms with Crippen molar-refractivity contribution in [1.29, 1.82) is 0 Å². The Kier molecular flexibility index (Phi) is 5.99. The molecule has 1 saturated carbocycles. The number of rotatable bonds is 7. The van der Waals surface area contributed by atoms with Gasteiger partial charge in [-0.1, -0.05) is 26.2 Å². The smallest absolute Gasteiger partial charge is 0.260 e. The van der Waals surface area contributed by atoms with Crippen LogP contribution in [0, 0.1) is 5.92 Å². The fourth-order valence-electron chi connectivity index (χ4n) is 2.69. The molecule has 1 fully saturated rings. The lowest BCUT2D eigenvalue weighted by Crippen LogP contribution is -2.31. The first-order valence-electron chi connectivity index (χ1n) is 7.82. The average molecular weight is 311 g/mol. The molecule has 118 valence electrons. The van der Waals surface area contributed by atoms with Crippen LogP contribution in [0.2, 0.25) is 0 Å². The van der Waals surface area contributed by atoms with Crippen molar-refractivity contribution >= 4 is 15.7 Å². The van der Waals surface area contributed by atoms with Crippen LogP contribution in [0.5, 0.6) is 0 Å². The van der Waals surface area contributed by atoms with Gasteiger partial charge < -0.3 is 5.32 Å². The van der Waals surface area contributed by atoms with Crippen LogP contribution in [0.15, 0.2) is 23.4 Å². The van der Waals surface area contributed by atoms with Crippen molar-refractivity contribution < 1.29 is 8.42 Å². The minimum atomic E-state index is -3.54. The topological polar surface area (TPSA) is 71.1 Å². The van der Waals surface area contributed by atoms with Gasteiger partial charge in [-0.15, -0.1) is 0 Å². The van der Waals surface area contributed by atoms with Gasteiger partial charge in [0.15, 0.2) is 5.03 Å². The van der Waals surface area contributed by atoms with E-state index in [0.29, 0.717) is 18.2 Å². The molecule has 0 bridgehead atoms. The highest BCUT2D eigenvalue weighted by Gasteiger charge is 2.22. The molecular formula is C15H25N3O2S. The standard InChI is InChI=1S/C15H25N3O2S/c1-2-10-16-14-9-6-11-17-15(14)21(19,20)18-12-13-7-4-3-5-8-13/h6,9,11,13,16,18H,2-5,7-8,10,12H2,1H3. The van der Waals surface area contributed by atoms with Crippen molar-refractivity contribution in [3.63, 3.8) is 0 Å². The van der Waals surface area contributed by atoms with Crippen molar-refractivity contribution in [2.45, 2.75) is 50.5 Å². The fraction of sp³-hybridized carbons (Fsp3) is 0.667. The molecule has 21 heavy (non-hydrogen) atoms. The first kappa shape index (κ1) is 16.2. The number of pyridine rings is 1. The summed E-state index contributed by atoms with van der Waals surface area (Å²) in [5.41, 5.74) is 0.579. The van der Waals surface area contributed by atoms with Crippen LogP contribution in [0.25, 0.3) is 0 Å². The normalized spacial score (nSPS) is 16.8. The second-order valence-corrected chi connectivity index (χ2v) is 7.32. The summed E-state index contributed by atoms with van der Waals surface area (Å²) in [6.45, 7) is 3.29. The molecule has 2 rings (SSSR count). The molecule has 1 aliphatic rings. The minimum absolute atomic E-state index is 0.106. The second-order valence-electron chi connectivity index (χ2n) is 5.64. The molecule has 0 unspecified atom stereocenters. The van der Waals surface area contributed by atoms with E-state index in [4.69, 9.17) is 0 Å². The van der Waals surface area contributed by atoms with Crippen molar-refractivity contribution in [1.82, 2.24) is 9.71 Å². The Bertz CT molecular complexity index is 540. The van der Waals surface area contributed by atoms with E-state index in [1.54, 1.807) is 12.1 Å². The summed E-state index contributed by atoms with van der Waals surface area (Å²) < 4.78 is 27.6. The lowest BCUT2D eigenvalue weighted by molar-refractivity contribution is 0.357. The molecule has 5 nitrogen and oxygen atoms in total. The van der Waals surface area contributed by atoms with Crippen LogP contribution in [-0.4, -0.2) is 26.5 Å². The van der Waals surface area contributed by atoms with Gasteiger partial charge in [0.25, 0.3) is 10.0 Å². The van der Waals surface area contributed by atoms with Gasteiger partial charge in [-0.3, -0.25) is 0 Å². The van der Waals surface area contributed by atoms with Gasteiger partial charge in [0.1, 0.15) is 0 Å². The van der Waals surface area contributed by atoms with E-state index in [0.717, 1.165) is 25.8 Å². The SMILES string of the molecule is CCCNc1cccnc1S(=O)(=O)NCC1CCCCC1. The third-order valence-electron chi connectivity index (χ3n) is 3.88. The lowest BCUT2D eigenvalue weighted by Gasteiger charge is -2.21. The molecule has 6 heteroatoms. The number of hydrogen-bond donors (Lipinski definition) is 2. The first-order chi connectivity index (χ1) is 10.1. The first-order valence-corrected chi connectivity index (χ1v) is 9.30. The lowest BCUT2D eigenvalue weighted by atomic mass is 9.90. The molecule has 1 aromatic rings. The highest BCUT2D eigenvalue weighted by atomic mass is 32.2. The van der Waals surface area contributed by atoms with E-state index < -0.39 is 10.0 Å². The van der Waals surface area contributed by atoms with E-state index in [1.165, 1.54) is 25.5 Å². The Balaban J connectivity index is 2.04. The maximum Gasteiger partial charge on any atom is 0.260 e. The third-order valence-corrected chi connectivity index (χ3v) is 5.26. The molecular weight excluding hydrogens is 286 g/mol. The molecule has 0 aromatic carbocycles. The predicted molar refractivity (Wildman–Crippen MR) is 84.8 cm³/mol. The molecule has 0 radical (unpaired) electrons. The largest absolute Gasteiger partial charge is 0.383 e. The molecule has 0 spiro atoms. The maximum absolute atomic E-state index is 12.4. The van der Waals surface area contributed by atoms with Crippen molar-refractivity contribution in [2.24, 2.45) is 5.92 Å². The van der Waals surface area contributed by atoms with Crippen molar-refractivity contribution in [2.75, 3.05) is 18.4 Å². The summed E-state index contributed by atoms with van der Waals surface area (Å²) in [5.74, 6) is 0.462. The van der Waals surface area contributed by atoms with Crippen LogP contribution in [-0.2, 0) is 10.0 Å². The Morgan fingerprint density at radius 2 is 2.05 bits per heavy atom. The quantitative estimate of drug-likeness (QED) is 0.812. The molecule has 1 heterocycles. The molecule has 1 aliphatic carbocycles. The van der Waals surface area contributed by atoms with Crippen LogP contribution >= 0.6 is 0 Å². The summed E-state index contributed by atoms with van der Waals surface area (Å²) in [5, 5.41) is 3.23. The summed E-state index contributed by atoms with van der Waals surface area (Å²) in [4.78, 5) is 4.05. The average Bonchev–Trinajstić information content (AvgIpc) is 2.52. The number of anilines is 1. The van der Waals surface area contributed by atoms with Crippen molar-refractivity contribution in [3.8, 4) is 0 Å². The number of sulfonamides is 1. The Labute approximate surface area is 127 Å². The number of nitrogens with one attached hydrogen (secondary N) is 2. The Morgan fingerprint density at radius 3 is 2.76 bits per heavy atom. The summed E-state index contributed by atoms with van der Waals surface area (Å²) in [6, 6.07) is 3.51. The van der Waals surface area contributed by atoms with E-state index in [-0.39, 0.29) is 5.03 Å². The zero-order valence-electron chi connectivity index (χ0n) is 12.6. The third kappa shape index (κ3) is 4.68. The summed E-state index contributed by atoms with van der Waals surface area (Å²) in [7, 11) is -3.54. The fourth-order valence-corrected chi connectivity index (χ4v) is 3.91. The zero-order valence-corrected chi connectivity index (χ0v) is 13.5. The Morgan fingerprint density at radius 1 is 1.29 bits per heavy atom. The number of hydrogen-bond acceptors (Lipinski definition) is 4. The second kappa shape index (κ2) is 7.75. The van der Waals surface area contributed by atoms with Gasteiger partial charge in [0.2, 0.25) is 0 Å². The van der Waals surface area contributed by atoms with Gasteiger partial charge in [-0.05, 0) is 37.3 Å². The molecule has 0 atom stereocenters. The highest BCUT2D eigenvalue weighted by molar-refractivity contribution is 7.89.